The largest absolute Gasteiger partial charge is 0.478 e. The Morgan fingerprint density at radius 2 is 1.70 bits per heavy atom. The van der Waals surface area contributed by atoms with Crippen LogP contribution in [0, 0.1) is 45.8 Å². The molecule has 0 bridgehead atoms. The molecule has 8 atom stereocenters. The highest BCUT2D eigenvalue weighted by atomic mass is 32.2. The van der Waals surface area contributed by atoms with E-state index in [9.17, 15) is 9.90 Å². The summed E-state index contributed by atoms with van der Waals surface area (Å²) in [6.07, 6.45) is 20.0. The fraction of sp³-hybridized carbons (Fsp3) is 0.674. The molecule has 5 aliphatic carbocycles. The van der Waals surface area contributed by atoms with Crippen molar-refractivity contribution in [1.82, 2.24) is 19.5 Å². The summed E-state index contributed by atoms with van der Waals surface area (Å²) in [6, 6.07) is 11.9. The van der Waals surface area contributed by atoms with Crippen molar-refractivity contribution in [2.24, 2.45) is 45.8 Å². The van der Waals surface area contributed by atoms with Crippen LogP contribution in [0.15, 0.2) is 59.8 Å². The van der Waals surface area contributed by atoms with E-state index >= 15 is 0 Å². The number of benzene rings is 1. The third-order valence-corrected chi connectivity index (χ3v) is 16.7. The van der Waals surface area contributed by atoms with Gasteiger partial charge in [0, 0.05) is 62.1 Å². The van der Waals surface area contributed by atoms with Gasteiger partial charge in [-0.1, -0.05) is 52.3 Å². The van der Waals surface area contributed by atoms with Crippen LogP contribution in [0.5, 0.6) is 0 Å². The molecule has 4 saturated carbocycles. The van der Waals surface area contributed by atoms with Crippen LogP contribution >= 0.6 is 11.9 Å². The van der Waals surface area contributed by atoms with Gasteiger partial charge in [0.25, 0.3) is 0 Å². The number of hydrogen-bond acceptors (Lipinski definition) is 6. The zero-order valence-electron chi connectivity index (χ0n) is 31.0. The number of rotatable bonds is 8. The van der Waals surface area contributed by atoms with E-state index in [1.807, 2.05) is 42.5 Å². The van der Waals surface area contributed by atoms with Crippen molar-refractivity contribution in [2.75, 3.05) is 39.3 Å². The van der Waals surface area contributed by atoms with E-state index in [0.29, 0.717) is 27.9 Å². The first-order valence-corrected chi connectivity index (χ1v) is 20.7. The van der Waals surface area contributed by atoms with Crippen LogP contribution in [0.3, 0.4) is 0 Å². The molecule has 2 heterocycles. The third-order valence-electron chi connectivity index (χ3n) is 15.6. The summed E-state index contributed by atoms with van der Waals surface area (Å²) in [5, 5.41) is 13.8. The number of piperazine rings is 1. The summed E-state index contributed by atoms with van der Waals surface area (Å²) in [5.74, 6) is 3.16. The molecule has 0 radical (unpaired) electrons. The van der Waals surface area contributed by atoms with Gasteiger partial charge in [-0.25, -0.2) is 9.10 Å². The van der Waals surface area contributed by atoms with Gasteiger partial charge in [-0.15, -0.1) is 0 Å². The highest BCUT2D eigenvalue weighted by Crippen LogP contribution is 2.72. The van der Waals surface area contributed by atoms with Gasteiger partial charge in [0.1, 0.15) is 0 Å². The number of fused-ring (bicyclic) bond motifs is 7. The molecule has 1 saturated heterocycles. The second-order valence-corrected chi connectivity index (χ2v) is 19.3. The van der Waals surface area contributed by atoms with Gasteiger partial charge in [-0.3, -0.25) is 9.88 Å². The van der Waals surface area contributed by atoms with Crippen molar-refractivity contribution in [1.29, 1.82) is 0 Å². The molecular weight excluding hydrogens is 637 g/mol. The second kappa shape index (κ2) is 13.3. The molecule has 1 aromatic heterocycles. The van der Waals surface area contributed by atoms with Gasteiger partial charge >= 0.3 is 5.97 Å². The van der Waals surface area contributed by atoms with Gasteiger partial charge in [0.15, 0.2) is 0 Å². The average molecular weight is 697 g/mol. The zero-order chi connectivity index (χ0) is 34.7. The van der Waals surface area contributed by atoms with Gasteiger partial charge < -0.3 is 10.4 Å². The summed E-state index contributed by atoms with van der Waals surface area (Å²) < 4.78 is 2.50. The van der Waals surface area contributed by atoms with Crippen molar-refractivity contribution < 1.29 is 9.90 Å². The van der Waals surface area contributed by atoms with Crippen LogP contribution in [-0.2, 0) is 0 Å². The molecule has 270 valence electrons. The van der Waals surface area contributed by atoms with Gasteiger partial charge in [0.05, 0.1) is 5.56 Å². The van der Waals surface area contributed by atoms with Crippen LogP contribution in [0.2, 0.25) is 0 Å². The molecule has 1 aromatic carbocycles. The predicted octanol–water partition coefficient (Wildman–Crippen LogP) is 8.91. The highest BCUT2D eigenvalue weighted by Gasteiger charge is 2.65. The SMILES string of the molecule is CC1(C)C(c2ccc(C(=O)O)cc2)=CC[C@@]2(C)C1CC[C@@]1(C)C3CC[C@@]4(NCCN5CCN(Sc6cccnc6)CC5)CCCC4[C@H]3CCC12. The predicted molar refractivity (Wildman–Crippen MR) is 204 cm³/mol. The van der Waals surface area contributed by atoms with Gasteiger partial charge in [-0.05, 0) is 151 Å². The summed E-state index contributed by atoms with van der Waals surface area (Å²) in [6.45, 7) is 17.2. The standard InChI is InChI=1S/C43H60N4O2S/c1-40(2)34(30-9-11-31(12-10-30)39(48)49)15-19-42(4)37(40)17-20-41(3)35-16-21-43(18-5-8-36(43)33(35)13-14-38(41)42)45-23-24-46-25-27-47(28-26-46)50-32-7-6-22-44-29-32/h6-7,9-12,15,22,29,33,35-38,45H,5,8,13-14,16-21,23-28H2,1-4H3,(H,48,49)/t33-,35?,36?,37?,38?,41-,42-,43-/m0/s1. The Bertz CT molecular complexity index is 1570. The quantitative estimate of drug-likeness (QED) is 0.267. The number of aromatic nitrogens is 1. The minimum Gasteiger partial charge on any atom is -0.478 e. The van der Waals surface area contributed by atoms with Crippen LogP contribution in [-0.4, -0.2) is 70.1 Å². The molecule has 4 unspecified atom stereocenters. The van der Waals surface area contributed by atoms with Gasteiger partial charge in [0.2, 0.25) is 0 Å². The van der Waals surface area contributed by atoms with Crippen molar-refractivity contribution in [3.05, 3.63) is 66.0 Å². The lowest BCUT2D eigenvalue weighted by atomic mass is 9.37. The average Bonchev–Trinajstić information content (AvgIpc) is 3.54. The van der Waals surface area contributed by atoms with E-state index in [1.165, 1.54) is 80.4 Å². The van der Waals surface area contributed by atoms with Crippen molar-refractivity contribution in [3.8, 4) is 0 Å². The van der Waals surface area contributed by atoms with Crippen molar-refractivity contribution >= 4 is 23.5 Å². The number of carbonyl (C=O) groups is 1. The first kappa shape index (κ1) is 34.9. The molecule has 0 amide bonds. The number of nitrogens with zero attached hydrogens (tertiary/aromatic N) is 3. The smallest absolute Gasteiger partial charge is 0.335 e. The number of pyridine rings is 1. The molecule has 7 heteroatoms. The van der Waals surface area contributed by atoms with E-state index in [2.05, 4.69) is 59.3 Å². The lowest BCUT2D eigenvalue weighted by Crippen LogP contribution is -2.63. The van der Waals surface area contributed by atoms with E-state index in [4.69, 9.17) is 0 Å². The normalized spacial score (nSPS) is 38.3. The molecule has 2 N–H and O–H groups in total. The summed E-state index contributed by atoms with van der Waals surface area (Å²) in [4.78, 5) is 19.7. The molecule has 1 aliphatic heterocycles. The number of hydrogen-bond donors (Lipinski definition) is 2. The molecule has 8 rings (SSSR count). The van der Waals surface area contributed by atoms with E-state index in [-0.39, 0.29) is 5.41 Å². The monoisotopic (exact) mass is 696 g/mol. The molecule has 6 nitrogen and oxygen atoms in total. The lowest BCUT2D eigenvalue weighted by Gasteiger charge is -2.68. The maximum atomic E-state index is 11.5. The number of carboxylic acid groups (broad SMARTS) is 1. The Kier molecular flexibility index (Phi) is 9.30. The number of allylic oxidation sites excluding steroid dienone is 2. The molecule has 50 heavy (non-hydrogen) atoms. The fourth-order valence-corrected chi connectivity index (χ4v) is 14.4. The summed E-state index contributed by atoms with van der Waals surface area (Å²) >= 11 is 1.86. The van der Waals surface area contributed by atoms with E-state index < -0.39 is 5.97 Å². The lowest BCUT2D eigenvalue weighted by molar-refractivity contribution is -0.172. The Morgan fingerprint density at radius 1 is 0.900 bits per heavy atom. The summed E-state index contributed by atoms with van der Waals surface area (Å²) in [7, 11) is 0. The van der Waals surface area contributed by atoms with Crippen molar-refractivity contribution in [3.63, 3.8) is 0 Å². The Morgan fingerprint density at radius 3 is 2.44 bits per heavy atom. The highest BCUT2D eigenvalue weighted by molar-refractivity contribution is 7.97. The number of carboxylic acids is 1. The minimum absolute atomic E-state index is 0.0673. The zero-order valence-corrected chi connectivity index (χ0v) is 31.8. The maximum Gasteiger partial charge on any atom is 0.335 e. The van der Waals surface area contributed by atoms with E-state index in [1.54, 1.807) is 12.1 Å². The molecular formula is C43H60N4O2S. The minimum atomic E-state index is -0.849. The maximum absolute atomic E-state index is 11.5. The molecule has 0 spiro atoms. The first-order chi connectivity index (χ1) is 24.0. The number of nitrogens with one attached hydrogen (secondary N) is 1. The van der Waals surface area contributed by atoms with Crippen LogP contribution in [0.4, 0.5) is 0 Å². The Balaban J connectivity index is 0.917. The molecule has 6 aliphatic rings. The van der Waals surface area contributed by atoms with Crippen LogP contribution < -0.4 is 5.32 Å². The molecule has 5 fully saturated rings. The second-order valence-electron chi connectivity index (χ2n) is 18.1. The Labute approximate surface area is 305 Å². The first-order valence-electron chi connectivity index (χ1n) is 19.9. The third kappa shape index (κ3) is 5.90. The number of aromatic carboxylic acids is 1. The van der Waals surface area contributed by atoms with Crippen LogP contribution in [0.25, 0.3) is 5.57 Å². The molecule has 2 aromatic rings. The van der Waals surface area contributed by atoms with Crippen molar-refractivity contribution in [2.45, 2.75) is 102 Å². The Hall–Kier alpha value is -2.19. The van der Waals surface area contributed by atoms with E-state index in [0.717, 1.165) is 62.8 Å². The fourth-order valence-electron chi connectivity index (χ4n) is 13.5. The summed E-state index contributed by atoms with van der Waals surface area (Å²) in [5.41, 5.74) is 4.19. The topological polar surface area (TPSA) is 68.7 Å². The van der Waals surface area contributed by atoms with Gasteiger partial charge in [-0.2, -0.15) is 0 Å². The van der Waals surface area contributed by atoms with Crippen LogP contribution in [0.1, 0.15) is 108 Å².